The minimum atomic E-state index is -5.37. The molecule has 1 aromatic carbocycles. The van der Waals surface area contributed by atoms with E-state index in [9.17, 15) is 21.6 Å². The molecule has 120 valence electrons. The highest BCUT2D eigenvalue weighted by molar-refractivity contribution is 7.92. The maximum Gasteiger partial charge on any atom is 0.501 e. The molecule has 0 spiro atoms. The largest absolute Gasteiger partial charge is 0.501 e. The molecule has 3 N–H and O–H groups in total. The van der Waals surface area contributed by atoms with Crippen molar-refractivity contribution in [1.29, 1.82) is 0 Å². The van der Waals surface area contributed by atoms with Crippen LogP contribution in [0.5, 0.6) is 0 Å². The molecule has 0 unspecified atom stereocenters. The van der Waals surface area contributed by atoms with Crippen molar-refractivity contribution in [3.63, 3.8) is 0 Å². The Labute approximate surface area is 121 Å². The Bertz CT molecular complexity index is 547. The average molecular weight is 326 g/mol. The number of ether oxygens (including phenoxy) is 1. The fraction of sp³-hybridized carbons (Fsp3) is 0.500. The van der Waals surface area contributed by atoms with Gasteiger partial charge in [-0.1, -0.05) is 12.1 Å². The lowest BCUT2D eigenvalue weighted by Crippen LogP contribution is -2.24. The number of benzene rings is 1. The molecule has 0 aliphatic carbocycles. The molecule has 0 saturated carbocycles. The second-order valence-electron chi connectivity index (χ2n) is 4.13. The lowest BCUT2D eigenvalue weighted by Gasteiger charge is -2.14. The zero-order valence-electron chi connectivity index (χ0n) is 11.2. The van der Waals surface area contributed by atoms with Crippen molar-refractivity contribution in [2.45, 2.75) is 16.8 Å². The number of nitrogens with two attached hydrogens (primary N) is 1. The van der Waals surface area contributed by atoms with E-state index in [4.69, 9.17) is 10.5 Å². The van der Waals surface area contributed by atoms with E-state index in [-0.39, 0.29) is 12.2 Å². The van der Waals surface area contributed by atoms with Crippen LogP contribution in [0.1, 0.15) is 6.42 Å². The number of nitrogens with one attached hydrogen (secondary N) is 1. The Morgan fingerprint density at radius 2 is 1.86 bits per heavy atom. The number of hydrogen-bond donors (Lipinski definition) is 2. The Morgan fingerprint density at radius 1 is 1.19 bits per heavy atom. The van der Waals surface area contributed by atoms with Gasteiger partial charge in [0.1, 0.15) is 0 Å². The van der Waals surface area contributed by atoms with Gasteiger partial charge >= 0.3 is 5.51 Å². The van der Waals surface area contributed by atoms with Crippen LogP contribution in [0.2, 0.25) is 0 Å². The van der Waals surface area contributed by atoms with Crippen LogP contribution in [0, 0.1) is 0 Å². The summed E-state index contributed by atoms with van der Waals surface area (Å²) < 4.78 is 65.7. The standard InChI is InChI=1S/C12H17F3N2O3S/c13-12(14,15)21(18,19)11-5-2-1-4-10(11)17-7-3-8-20-9-6-16/h1-2,4-5,17H,3,6-9,16H2. The Morgan fingerprint density at radius 3 is 2.48 bits per heavy atom. The Hall–Kier alpha value is -1.32. The summed E-state index contributed by atoms with van der Waals surface area (Å²) in [7, 11) is -5.37. The van der Waals surface area contributed by atoms with Gasteiger partial charge in [-0.05, 0) is 18.6 Å². The third-order valence-corrected chi connectivity index (χ3v) is 4.07. The zero-order chi connectivity index (χ0) is 15.9. The Balaban J connectivity index is 2.73. The van der Waals surface area contributed by atoms with Crippen molar-refractivity contribution in [3.05, 3.63) is 24.3 Å². The van der Waals surface area contributed by atoms with Crippen molar-refractivity contribution in [2.24, 2.45) is 5.73 Å². The summed E-state index contributed by atoms with van der Waals surface area (Å²) in [4.78, 5) is -0.777. The van der Waals surface area contributed by atoms with Crippen molar-refractivity contribution in [2.75, 3.05) is 31.6 Å². The molecular formula is C12H17F3N2O3S. The number of rotatable bonds is 8. The number of hydrogen-bond acceptors (Lipinski definition) is 5. The number of sulfone groups is 1. The van der Waals surface area contributed by atoms with Crippen molar-refractivity contribution >= 4 is 15.5 Å². The van der Waals surface area contributed by atoms with Crippen LogP contribution in [-0.4, -0.2) is 40.2 Å². The second kappa shape index (κ2) is 7.62. The van der Waals surface area contributed by atoms with Gasteiger partial charge < -0.3 is 15.8 Å². The van der Waals surface area contributed by atoms with E-state index in [1.807, 2.05) is 0 Å². The second-order valence-corrected chi connectivity index (χ2v) is 6.04. The molecule has 9 heteroatoms. The molecule has 1 aromatic rings. The van der Waals surface area contributed by atoms with Crippen LogP contribution in [0.4, 0.5) is 18.9 Å². The van der Waals surface area contributed by atoms with Gasteiger partial charge in [-0.3, -0.25) is 0 Å². The van der Waals surface area contributed by atoms with Gasteiger partial charge in [0.25, 0.3) is 9.84 Å². The molecule has 0 heterocycles. The molecule has 0 aliphatic heterocycles. The predicted molar refractivity (Wildman–Crippen MR) is 72.7 cm³/mol. The number of para-hydroxylation sites is 1. The van der Waals surface area contributed by atoms with E-state index in [0.29, 0.717) is 26.2 Å². The summed E-state index contributed by atoms with van der Waals surface area (Å²) in [5.74, 6) is 0. The minimum Gasteiger partial charge on any atom is -0.384 e. The van der Waals surface area contributed by atoms with Gasteiger partial charge in [-0.25, -0.2) is 8.42 Å². The molecule has 0 radical (unpaired) electrons. The first-order chi connectivity index (χ1) is 9.80. The molecule has 21 heavy (non-hydrogen) atoms. The van der Waals surface area contributed by atoms with E-state index >= 15 is 0 Å². The monoisotopic (exact) mass is 326 g/mol. The summed E-state index contributed by atoms with van der Waals surface area (Å²) in [6, 6.07) is 4.92. The summed E-state index contributed by atoms with van der Waals surface area (Å²) in [5, 5.41) is 2.68. The van der Waals surface area contributed by atoms with Crippen LogP contribution in [0.15, 0.2) is 29.2 Å². The molecule has 0 saturated heterocycles. The first-order valence-corrected chi connectivity index (χ1v) is 7.71. The SMILES string of the molecule is NCCOCCCNc1ccccc1S(=O)(=O)C(F)(F)F. The van der Waals surface area contributed by atoms with Crippen molar-refractivity contribution < 1.29 is 26.3 Å². The van der Waals surface area contributed by atoms with Gasteiger partial charge in [-0.15, -0.1) is 0 Å². The first-order valence-electron chi connectivity index (χ1n) is 6.23. The molecule has 0 fully saturated rings. The summed E-state index contributed by atoms with van der Waals surface area (Å²) in [5.41, 5.74) is -0.171. The normalized spacial score (nSPS) is 12.4. The van der Waals surface area contributed by atoms with E-state index in [2.05, 4.69) is 5.32 Å². The third-order valence-electron chi connectivity index (χ3n) is 2.52. The molecule has 1 rings (SSSR count). The summed E-state index contributed by atoms with van der Waals surface area (Å²) >= 11 is 0. The Kier molecular flexibility index (Phi) is 6.43. The molecule has 0 amide bonds. The van der Waals surface area contributed by atoms with Gasteiger partial charge in [0.2, 0.25) is 0 Å². The van der Waals surface area contributed by atoms with Crippen molar-refractivity contribution in [1.82, 2.24) is 0 Å². The highest BCUT2D eigenvalue weighted by Crippen LogP contribution is 2.34. The topological polar surface area (TPSA) is 81.4 Å². The summed E-state index contributed by atoms with van der Waals surface area (Å²) in [6.07, 6.45) is 0.514. The molecule has 5 nitrogen and oxygen atoms in total. The van der Waals surface area contributed by atoms with Gasteiger partial charge in [-0.2, -0.15) is 13.2 Å². The van der Waals surface area contributed by atoms with E-state index in [1.165, 1.54) is 18.2 Å². The van der Waals surface area contributed by atoms with Crippen LogP contribution < -0.4 is 11.1 Å². The van der Waals surface area contributed by atoms with Crippen molar-refractivity contribution in [3.8, 4) is 0 Å². The van der Waals surface area contributed by atoms with E-state index < -0.39 is 20.2 Å². The lowest BCUT2D eigenvalue weighted by atomic mass is 10.3. The van der Waals surface area contributed by atoms with Crippen LogP contribution in [0.25, 0.3) is 0 Å². The molecule has 0 aromatic heterocycles. The molecular weight excluding hydrogens is 309 g/mol. The number of alkyl halides is 3. The minimum absolute atomic E-state index is 0.0753. The fourth-order valence-corrected chi connectivity index (χ4v) is 2.49. The number of anilines is 1. The van der Waals surface area contributed by atoms with Crippen LogP contribution in [-0.2, 0) is 14.6 Å². The summed E-state index contributed by atoms with van der Waals surface area (Å²) in [6.45, 7) is 1.46. The van der Waals surface area contributed by atoms with E-state index in [1.54, 1.807) is 0 Å². The maximum atomic E-state index is 12.6. The molecule has 0 aliphatic rings. The quantitative estimate of drug-likeness (QED) is 0.712. The first kappa shape index (κ1) is 17.7. The lowest BCUT2D eigenvalue weighted by molar-refractivity contribution is -0.0435. The number of halogens is 3. The fourth-order valence-electron chi connectivity index (χ4n) is 1.55. The van der Waals surface area contributed by atoms with Gasteiger partial charge in [0, 0.05) is 19.7 Å². The third kappa shape index (κ3) is 4.87. The smallest absolute Gasteiger partial charge is 0.384 e. The zero-order valence-corrected chi connectivity index (χ0v) is 12.0. The van der Waals surface area contributed by atoms with Gasteiger partial charge in [0.15, 0.2) is 0 Å². The highest BCUT2D eigenvalue weighted by Gasteiger charge is 2.47. The molecule has 0 atom stereocenters. The van der Waals surface area contributed by atoms with Gasteiger partial charge in [0.05, 0.1) is 17.2 Å². The van der Waals surface area contributed by atoms with Crippen LogP contribution >= 0.6 is 0 Å². The van der Waals surface area contributed by atoms with E-state index in [0.717, 1.165) is 6.07 Å². The average Bonchev–Trinajstić information content (AvgIpc) is 2.42. The molecule has 0 bridgehead atoms. The maximum absolute atomic E-state index is 12.6. The highest BCUT2D eigenvalue weighted by atomic mass is 32.2. The van der Waals surface area contributed by atoms with Crippen LogP contribution in [0.3, 0.4) is 0 Å². The predicted octanol–water partition coefficient (Wildman–Crippen LogP) is 1.76.